The second kappa shape index (κ2) is 5.35. The van der Waals surface area contributed by atoms with Gasteiger partial charge in [-0.2, -0.15) is 0 Å². The van der Waals surface area contributed by atoms with Gasteiger partial charge in [0, 0.05) is 12.4 Å². The number of pyridine rings is 1. The Bertz CT molecular complexity index is 415. The normalized spacial score (nSPS) is 10.5. The maximum atomic E-state index is 11.9. The highest BCUT2D eigenvalue weighted by molar-refractivity contribution is 5.88. The van der Waals surface area contributed by atoms with Crippen LogP contribution in [0.1, 0.15) is 20.8 Å². The fraction of sp³-hybridized carbons (Fsp3) is 0.385. The number of carbonyl (C=O) groups excluding carboxylic acids is 1. The number of hydrogen-bond acceptors (Lipinski definition) is 3. The Morgan fingerprint density at radius 2 is 2.06 bits per heavy atom. The van der Waals surface area contributed by atoms with Gasteiger partial charge in [-0.3, -0.25) is 9.88 Å². The zero-order valence-electron chi connectivity index (χ0n) is 10.3. The molecule has 1 rings (SSSR count). The summed E-state index contributed by atoms with van der Waals surface area (Å²) in [6.07, 6.45) is 8.00. The molecule has 4 nitrogen and oxygen atoms in total. The van der Waals surface area contributed by atoms with E-state index in [9.17, 15) is 4.79 Å². The molecule has 0 fully saturated rings. The first-order valence-electron chi connectivity index (χ1n) is 5.28. The van der Waals surface area contributed by atoms with Crippen LogP contribution in [0.25, 0.3) is 0 Å². The van der Waals surface area contributed by atoms with Crippen LogP contribution in [0.2, 0.25) is 0 Å². The fourth-order valence-electron chi connectivity index (χ4n) is 1.19. The molecule has 0 bridgehead atoms. The van der Waals surface area contributed by atoms with E-state index in [-0.39, 0.29) is 6.54 Å². The molecule has 0 aliphatic heterocycles. The van der Waals surface area contributed by atoms with E-state index in [4.69, 9.17) is 11.2 Å². The molecule has 1 amide bonds. The second-order valence-electron chi connectivity index (χ2n) is 4.48. The van der Waals surface area contributed by atoms with Crippen LogP contribution in [0.5, 0.6) is 0 Å². The van der Waals surface area contributed by atoms with Gasteiger partial charge in [-0.05, 0) is 32.9 Å². The molecule has 0 spiro atoms. The third-order valence-corrected chi connectivity index (χ3v) is 1.84. The predicted octanol–water partition coefficient (Wildman–Crippen LogP) is 2.46. The van der Waals surface area contributed by atoms with Crippen LogP contribution in [0.3, 0.4) is 0 Å². The molecule has 0 aliphatic carbocycles. The molecular formula is C13H16N2O2. The average Bonchev–Trinajstić information content (AvgIpc) is 2.24. The fourth-order valence-corrected chi connectivity index (χ4v) is 1.19. The smallest absolute Gasteiger partial charge is 0.415 e. The number of hydrogen-bond donors (Lipinski definition) is 0. The summed E-state index contributed by atoms with van der Waals surface area (Å²) in [4.78, 5) is 17.2. The van der Waals surface area contributed by atoms with Crippen molar-refractivity contribution in [1.29, 1.82) is 0 Å². The molecule has 0 saturated heterocycles. The van der Waals surface area contributed by atoms with Gasteiger partial charge in [-0.15, -0.1) is 6.42 Å². The topological polar surface area (TPSA) is 42.4 Å². The third-order valence-electron chi connectivity index (χ3n) is 1.84. The molecular weight excluding hydrogens is 216 g/mol. The van der Waals surface area contributed by atoms with Crippen LogP contribution in [-0.4, -0.2) is 23.2 Å². The molecule has 1 heterocycles. The number of ether oxygens (including phenoxy) is 1. The predicted molar refractivity (Wildman–Crippen MR) is 66.7 cm³/mol. The van der Waals surface area contributed by atoms with Crippen LogP contribution in [0, 0.1) is 12.3 Å². The lowest BCUT2D eigenvalue weighted by atomic mass is 10.2. The number of anilines is 1. The molecule has 1 aromatic rings. The Morgan fingerprint density at radius 1 is 1.47 bits per heavy atom. The standard InChI is InChI=1S/C13H16N2O2/c1-5-10-15(11-6-8-14-9-7-11)12(16)17-13(2,3)4/h1,6-9H,10H2,2-4H3. The molecule has 0 atom stereocenters. The minimum atomic E-state index is -0.545. The van der Waals surface area contributed by atoms with Gasteiger partial charge in [0.25, 0.3) is 0 Å². The van der Waals surface area contributed by atoms with Crippen molar-refractivity contribution in [3.8, 4) is 12.3 Å². The lowest BCUT2D eigenvalue weighted by Crippen LogP contribution is -2.37. The van der Waals surface area contributed by atoms with E-state index in [1.165, 1.54) is 4.90 Å². The summed E-state index contributed by atoms with van der Waals surface area (Å²) in [5.74, 6) is 2.44. The van der Waals surface area contributed by atoms with Gasteiger partial charge in [0.05, 0.1) is 12.2 Å². The molecule has 17 heavy (non-hydrogen) atoms. The first-order chi connectivity index (χ1) is 7.94. The van der Waals surface area contributed by atoms with Crippen molar-refractivity contribution in [3.05, 3.63) is 24.5 Å². The van der Waals surface area contributed by atoms with Gasteiger partial charge in [0.1, 0.15) is 5.60 Å². The quantitative estimate of drug-likeness (QED) is 0.735. The van der Waals surface area contributed by atoms with Crippen molar-refractivity contribution in [2.45, 2.75) is 26.4 Å². The number of terminal acetylenes is 1. The molecule has 0 radical (unpaired) electrons. The summed E-state index contributed by atoms with van der Waals surface area (Å²) >= 11 is 0. The largest absolute Gasteiger partial charge is 0.443 e. The van der Waals surface area contributed by atoms with Crippen molar-refractivity contribution in [2.75, 3.05) is 11.4 Å². The zero-order valence-corrected chi connectivity index (χ0v) is 10.3. The van der Waals surface area contributed by atoms with Crippen LogP contribution in [0.15, 0.2) is 24.5 Å². The molecule has 90 valence electrons. The molecule has 0 saturated carbocycles. The van der Waals surface area contributed by atoms with E-state index in [0.717, 1.165) is 0 Å². The van der Waals surface area contributed by atoms with Crippen LogP contribution in [-0.2, 0) is 4.74 Å². The maximum Gasteiger partial charge on any atom is 0.415 e. The minimum Gasteiger partial charge on any atom is -0.443 e. The number of nitrogens with zero attached hydrogens (tertiary/aromatic N) is 2. The highest BCUT2D eigenvalue weighted by Crippen LogP contribution is 2.16. The molecule has 0 aromatic carbocycles. The monoisotopic (exact) mass is 232 g/mol. The molecule has 0 unspecified atom stereocenters. The van der Waals surface area contributed by atoms with E-state index in [2.05, 4.69) is 10.9 Å². The Hall–Kier alpha value is -2.02. The van der Waals surface area contributed by atoms with E-state index in [0.29, 0.717) is 5.69 Å². The van der Waals surface area contributed by atoms with Gasteiger partial charge in [0.2, 0.25) is 0 Å². The highest BCUT2D eigenvalue weighted by Gasteiger charge is 2.22. The van der Waals surface area contributed by atoms with Gasteiger partial charge < -0.3 is 4.74 Å². The van der Waals surface area contributed by atoms with Gasteiger partial charge in [0.15, 0.2) is 0 Å². The van der Waals surface area contributed by atoms with Crippen LogP contribution in [0.4, 0.5) is 10.5 Å². The highest BCUT2D eigenvalue weighted by atomic mass is 16.6. The van der Waals surface area contributed by atoms with Gasteiger partial charge >= 0.3 is 6.09 Å². The van der Waals surface area contributed by atoms with E-state index in [1.807, 2.05) is 20.8 Å². The number of aromatic nitrogens is 1. The van der Waals surface area contributed by atoms with E-state index in [1.54, 1.807) is 24.5 Å². The van der Waals surface area contributed by atoms with Gasteiger partial charge in [-0.1, -0.05) is 5.92 Å². The Balaban J connectivity index is 2.88. The molecule has 1 aromatic heterocycles. The summed E-state index contributed by atoms with van der Waals surface area (Å²) in [7, 11) is 0. The first kappa shape index (κ1) is 13.0. The van der Waals surface area contributed by atoms with Crippen molar-refractivity contribution in [2.24, 2.45) is 0 Å². The zero-order chi connectivity index (χ0) is 12.9. The van der Waals surface area contributed by atoms with Crippen LogP contribution >= 0.6 is 0 Å². The first-order valence-corrected chi connectivity index (χ1v) is 5.28. The average molecular weight is 232 g/mol. The molecule has 0 N–H and O–H groups in total. The summed E-state index contributed by atoms with van der Waals surface area (Å²) in [6, 6.07) is 3.42. The summed E-state index contributed by atoms with van der Waals surface area (Å²) in [5.41, 5.74) is 0.129. The SMILES string of the molecule is C#CCN(C(=O)OC(C)(C)C)c1ccncc1. The summed E-state index contributed by atoms with van der Waals surface area (Å²) in [5, 5.41) is 0. The molecule has 4 heteroatoms. The lowest BCUT2D eigenvalue weighted by Gasteiger charge is -2.26. The van der Waals surface area contributed by atoms with Crippen LogP contribution < -0.4 is 4.90 Å². The lowest BCUT2D eigenvalue weighted by molar-refractivity contribution is 0.0585. The van der Waals surface area contributed by atoms with Crippen molar-refractivity contribution >= 4 is 11.8 Å². The van der Waals surface area contributed by atoms with E-state index >= 15 is 0 Å². The molecule has 0 aliphatic rings. The number of carbonyl (C=O) groups is 1. The Morgan fingerprint density at radius 3 is 2.53 bits per heavy atom. The number of amides is 1. The Kier molecular flexibility index (Phi) is 4.11. The van der Waals surface area contributed by atoms with Crippen molar-refractivity contribution in [1.82, 2.24) is 4.98 Å². The van der Waals surface area contributed by atoms with Gasteiger partial charge in [-0.25, -0.2) is 4.79 Å². The third kappa shape index (κ3) is 4.15. The van der Waals surface area contributed by atoms with E-state index < -0.39 is 11.7 Å². The Labute approximate surface area is 102 Å². The summed E-state index contributed by atoms with van der Waals surface area (Å²) in [6.45, 7) is 5.60. The number of rotatable bonds is 2. The second-order valence-corrected chi connectivity index (χ2v) is 4.48. The minimum absolute atomic E-state index is 0.166. The van der Waals surface area contributed by atoms with Crippen molar-refractivity contribution in [3.63, 3.8) is 0 Å². The maximum absolute atomic E-state index is 11.9. The van der Waals surface area contributed by atoms with Crippen molar-refractivity contribution < 1.29 is 9.53 Å². The summed E-state index contributed by atoms with van der Waals surface area (Å²) < 4.78 is 5.28.